The molecule has 164 valence electrons. The normalized spacial score (nSPS) is 16.5. The Morgan fingerprint density at radius 3 is 2.61 bits per heavy atom. The number of aliphatic imine (C=N–C) groups is 1. The lowest BCUT2D eigenvalue weighted by molar-refractivity contribution is -0.121. The molecular formula is C23H27N3O4S. The van der Waals surface area contributed by atoms with Crippen molar-refractivity contribution in [1.82, 2.24) is 0 Å². The molecule has 3 rings (SSSR count). The van der Waals surface area contributed by atoms with Gasteiger partial charge < -0.3 is 14.8 Å². The highest BCUT2D eigenvalue weighted by Crippen LogP contribution is 2.32. The van der Waals surface area contributed by atoms with E-state index in [1.165, 1.54) is 16.7 Å². The first-order chi connectivity index (χ1) is 15.0. The van der Waals surface area contributed by atoms with Gasteiger partial charge >= 0.3 is 0 Å². The molecule has 1 N–H and O–H groups in total. The summed E-state index contributed by atoms with van der Waals surface area (Å²) >= 11 is 1.27. The fraction of sp³-hybridized carbons (Fsp3) is 0.348. The van der Waals surface area contributed by atoms with E-state index in [1.54, 1.807) is 31.4 Å². The van der Waals surface area contributed by atoms with Gasteiger partial charge in [-0.3, -0.25) is 14.6 Å². The van der Waals surface area contributed by atoms with Crippen LogP contribution >= 0.6 is 11.8 Å². The summed E-state index contributed by atoms with van der Waals surface area (Å²) in [5.74, 6) is 0.974. The van der Waals surface area contributed by atoms with E-state index in [0.717, 1.165) is 23.6 Å². The number of rotatable bonds is 8. The van der Waals surface area contributed by atoms with Crippen LogP contribution in [0.3, 0.4) is 0 Å². The zero-order chi connectivity index (χ0) is 22.2. The van der Waals surface area contributed by atoms with Crippen LogP contribution < -0.4 is 19.7 Å². The molecule has 0 radical (unpaired) electrons. The molecule has 2 aromatic rings. The molecule has 1 saturated heterocycles. The van der Waals surface area contributed by atoms with Crippen molar-refractivity contribution in [3.63, 3.8) is 0 Å². The molecule has 0 aromatic heterocycles. The number of nitrogens with zero attached hydrogens (tertiary/aromatic N) is 2. The zero-order valence-electron chi connectivity index (χ0n) is 18.0. The summed E-state index contributed by atoms with van der Waals surface area (Å²) in [7, 11) is 1.61. The fourth-order valence-electron chi connectivity index (χ4n) is 3.09. The summed E-state index contributed by atoms with van der Waals surface area (Å²) in [6.07, 6.45) is 1.04. The summed E-state index contributed by atoms with van der Waals surface area (Å²) in [5.41, 5.74) is 1.35. The molecule has 1 heterocycles. The Morgan fingerprint density at radius 2 is 1.94 bits per heavy atom. The van der Waals surface area contributed by atoms with Crippen molar-refractivity contribution in [2.24, 2.45) is 4.99 Å². The topological polar surface area (TPSA) is 80.2 Å². The second kappa shape index (κ2) is 10.9. The van der Waals surface area contributed by atoms with E-state index in [4.69, 9.17) is 9.47 Å². The maximum Gasteiger partial charge on any atom is 0.247 e. The largest absolute Gasteiger partial charge is 0.497 e. The molecule has 2 amide bonds. The first-order valence-electron chi connectivity index (χ1n) is 10.3. The van der Waals surface area contributed by atoms with Crippen LogP contribution in [0.5, 0.6) is 11.5 Å². The predicted octanol–water partition coefficient (Wildman–Crippen LogP) is 4.34. The number of nitrogens with one attached hydrogen (secondary N) is 1. The Hall–Kier alpha value is -3.00. The SMILES string of the molecule is CCCOc1ccc(N2C(=O)C[C@@H](SC(=NCC)Nc3cccc(OC)c3)C2=O)cc1. The van der Waals surface area contributed by atoms with Crippen LogP contribution in [0.15, 0.2) is 53.5 Å². The Balaban J connectivity index is 1.70. The zero-order valence-corrected chi connectivity index (χ0v) is 18.8. The monoisotopic (exact) mass is 441 g/mol. The van der Waals surface area contributed by atoms with Gasteiger partial charge in [0, 0.05) is 24.7 Å². The van der Waals surface area contributed by atoms with Crippen molar-refractivity contribution in [2.75, 3.05) is 30.5 Å². The minimum atomic E-state index is -0.535. The number of amidine groups is 1. The van der Waals surface area contributed by atoms with E-state index in [9.17, 15) is 9.59 Å². The number of ether oxygens (including phenoxy) is 2. The quantitative estimate of drug-likeness (QED) is 0.373. The minimum absolute atomic E-state index is 0.125. The van der Waals surface area contributed by atoms with Gasteiger partial charge in [-0.1, -0.05) is 24.8 Å². The van der Waals surface area contributed by atoms with Gasteiger partial charge in [-0.25, -0.2) is 4.90 Å². The summed E-state index contributed by atoms with van der Waals surface area (Å²) in [6, 6.07) is 14.5. The second-order valence-corrected chi connectivity index (χ2v) is 8.05. The number of amides is 2. The molecule has 0 unspecified atom stereocenters. The van der Waals surface area contributed by atoms with Gasteiger partial charge in [0.2, 0.25) is 11.8 Å². The number of methoxy groups -OCH3 is 1. The van der Waals surface area contributed by atoms with E-state index in [0.29, 0.717) is 24.0 Å². The van der Waals surface area contributed by atoms with Gasteiger partial charge in [0.05, 0.1) is 19.4 Å². The molecule has 1 fully saturated rings. The van der Waals surface area contributed by atoms with Crippen LogP contribution in [0.4, 0.5) is 11.4 Å². The van der Waals surface area contributed by atoms with E-state index in [2.05, 4.69) is 10.3 Å². The van der Waals surface area contributed by atoms with Crippen molar-refractivity contribution < 1.29 is 19.1 Å². The third-order valence-corrected chi connectivity index (χ3v) is 5.66. The number of hydrogen-bond donors (Lipinski definition) is 1. The number of thioether (sulfide) groups is 1. The van der Waals surface area contributed by atoms with E-state index in [-0.39, 0.29) is 18.2 Å². The first-order valence-corrected chi connectivity index (χ1v) is 11.2. The average Bonchev–Trinajstić information content (AvgIpc) is 3.05. The molecule has 0 spiro atoms. The van der Waals surface area contributed by atoms with Gasteiger partial charge in [0.25, 0.3) is 0 Å². The van der Waals surface area contributed by atoms with Crippen molar-refractivity contribution in [3.8, 4) is 11.5 Å². The van der Waals surface area contributed by atoms with Gasteiger partial charge in [0.15, 0.2) is 5.17 Å². The number of anilines is 2. The van der Waals surface area contributed by atoms with Gasteiger partial charge in [-0.2, -0.15) is 0 Å². The van der Waals surface area contributed by atoms with Crippen molar-refractivity contribution in [1.29, 1.82) is 0 Å². The van der Waals surface area contributed by atoms with E-state index < -0.39 is 5.25 Å². The van der Waals surface area contributed by atoms with Crippen molar-refractivity contribution in [3.05, 3.63) is 48.5 Å². The second-order valence-electron chi connectivity index (χ2n) is 6.86. The lowest BCUT2D eigenvalue weighted by Gasteiger charge is -2.16. The fourth-order valence-corrected chi connectivity index (χ4v) is 4.17. The highest BCUT2D eigenvalue weighted by Gasteiger charge is 2.40. The third kappa shape index (κ3) is 5.79. The number of carbonyl (C=O) groups excluding carboxylic acids is 2. The van der Waals surface area contributed by atoms with Crippen molar-refractivity contribution >= 4 is 40.1 Å². The highest BCUT2D eigenvalue weighted by atomic mass is 32.2. The van der Waals surface area contributed by atoms with Crippen LogP contribution in [0.2, 0.25) is 0 Å². The van der Waals surface area contributed by atoms with E-state index in [1.807, 2.05) is 38.1 Å². The summed E-state index contributed by atoms with van der Waals surface area (Å²) in [5, 5.41) is 3.29. The van der Waals surface area contributed by atoms with Gasteiger partial charge in [-0.05, 0) is 49.7 Å². The van der Waals surface area contributed by atoms with Gasteiger partial charge in [-0.15, -0.1) is 0 Å². The molecule has 31 heavy (non-hydrogen) atoms. The lowest BCUT2D eigenvalue weighted by Crippen LogP contribution is -2.31. The smallest absolute Gasteiger partial charge is 0.247 e. The van der Waals surface area contributed by atoms with Gasteiger partial charge in [0.1, 0.15) is 16.7 Å². The molecule has 1 atom stereocenters. The number of imide groups is 1. The van der Waals surface area contributed by atoms with Crippen LogP contribution in [0.25, 0.3) is 0 Å². The Morgan fingerprint density at radius 1 is 1.16 bits per heavy atom. The Labute approximate surface area is 186 Å². The third-order valence-electron chi connectivity index (χ3n) is 4.55. The van der Waals surface area contributed by atoms with Crippen molar-refractivity contribution in [2.45, 2.75) is 31.9 Å². The molecule has 0 bridgehead atoms. The highest BCUT2D eigenvalue weighted by molar-refractivity contribution is 8.15. The average molecular weight is 442 g/mol. The lowest BCUT2D eigenvalue weighted by atomic mass is 10.3. The standard InChI is InChI=1S/C23H27N3O4S/c1-4-13-30-18-11-9-17(10-12-18)26-21(27)15-20(22(26)28)31-23(24-5-2)25-16-7-6-8-19(14-16)29-3/h6-12,14,20H,4-5,13,15H2,1-3H3,(H,24,25)/t20-/m1/s1. The summed E-state index contributed by atoms with van der Waals surface area (Å²) < 4.78 is 10.8. The molecule has 2 aromatic carbocycles. The van der Waals surface area contributed by atoms with Crippen LogP contribution in [0.1, 0.15) is 26.7 Å². The molecule has 1 aliphatic rings. The number of carbonyl (C=O) groups is 2. The van der Waals surface area contributed by atoms with Crippen LogP contribution in [-0.4, -0.2) is 42.5 Å². The first kappa shape index (κ1) is 22.7. The van der Waals surface area contributed by atoms with Crippen LogP contribution in [0, 0.1) is 0 Å². The summed E-state index contributed by atoms with van der Waals surface area (Å²) in [4.78, 5) is 31.3. The molecule has 7 nitrogen and oxygen atoms in total. The molecule has 0 aliphatic carbocycles. The minimum Gasteiger partial charge on any atom is -0.497 e. The predicted molar refractivity (Wildman–Crippen MR) is 125 cm³/mol. The number of benzene rings is 2. The molecule has 1 aliphatic heterocycles. The van der Waals surface area contributed by atoms with Crippen LogP contribution in [-0.2, 0) is 9.59 Å². The maximum atomic E-state index is 13.0. The maximum absolute atomic E-state index is 13.0. The van der Waals surface area contributed by atoms with E-state index >= 15 is 0 Å². The summed E-state index contributed by atoms with van der Waals surface area (Å²) in [6.45, 7) is 5.13. The molecule has 0 saturated carbocycles. The Bertz CT molecular complexity index is 946. The molecule has 8 heteroatoms. The Kier molecular flexibility index (Phi) is 7.94. The molecular weight excluding hydrogens is 414 g/mol. The number of hydrogen-bond acceptors (Lipinski definition) is 6.